The third kappa shape index (κ3) is 4.78. The molecule has 6 N–H and O–H groups in total. The summed E-state index contributed by atoms with van der Waals surface area (Å²) < 4.78 is 42.3. The summed E-state index contributed by atoms with van der Waals surface area (Å²) in [6.45, 7) is 1.42. The van der Waals surface area contributed by atoms with Crippen molar-refractivity contribution < 1.29 is 47.9 Å². The molecule has 4 rings (SSSR count). The van der Waals surface area contributed by atoms with Crippen molar-refractivity contribution in [2.24, 2.45) is 5.73 Å². The third-order valence-corrected chi connectivity index (χ3v) is 4.96. The molecule has 3 heterocycles. The Kier molecular flexibility index (Phi) is 7.51. The van der Waals surface area contributed by atoms with Gasteiger partial charge in [0.05, 0.1) is 19.8 Å². The molecule has 32 heavy (non-hydrogen) atoms. The minimum atomic E-state index is -2.54. The van der Waals surface area contributed by atoms with Gasteiger partial charge in [0, 0.05) is 11.8 Å². The highest BCUT2D eigenvalue weighted by Crippen LogP contribution is 2.30. The highest BCUT2D eigenvalue weighted by molar-refractivity contribution is 6.07. The second kappa shape index (κ2) is 9.95. The van der Waals surface area contributed by atoms with Crippen LogP contribution in [-0.4, -0.2) is 88.9 Å². The average Bonchev–Trinajstić information content (AvgIpc) is 3.44. The van der Waals surface area contributed by atoms with Crippen molar-refractivity contribution in [1.82, 2.24) is 10.2 Å². The zero-order valence-corrected chi connectivity index (χ0v) is 16.7. The number of amides is 2. The number of nitrogens with two attached hydrogens (primary N) is 1. The van der Waals surface area contributed by atoms with Gasteiger partial charge in [-0.05, 0) is 24.3 Å². The first-order chi connectivity index (χ1) is 15.2. The molecule has 2 fully saturated rings. The van der Waals surface area contributed by atoms with E-state index in [1.165, 1.54) is 0 Å². The first-order valence-corrected chi connectivity index (χ1v) is 9.54. The first kappa shape index (κ1) is 24.1. The van der Waals surface area contributed by atoms with E-state index in [1.54, 1.807) is 0 Å². The number of rotatable bonds is 4. The first-order valence-electron chi connectivity index (χ1n) is 9.54. The predicted octanol–water partition coefficient (Wildman–Crippen LogP) is -1.07. The lowest BCUT2D eigenvalue weighted by molar-refractivity contribution is -0.0679. The highest BCUT2D eigenvalue weighted by Gasteiger charge is 2.51. The summed E-state index contributed by atoms with van der Waals surface area (Å²) in [7, 11) is 0. The number of aliphatic hydroxyl groups excluding tert-OH is 3. The molecule has 0 bridgehead atoms. The maximum Gasteiger partial charge on any atom is 0.325 e. The van der Waals surface area contributed by atoms with Crippen molar-refractivity contribution in [2.75, 3.05) is 26.6 Å². The van der Waals surface area contributed by atoms with Crippen LogP contribution in [0.2, 0.25) is 0 Å². The third-order valence-electron chi connectivity index (χ3n) is 4.96. The standard InChI is InChI=1S/C16H17F2N3O6.C3H6O2/c17-8-3-1-7(2-4-8)13(25)16(19)10(18)5-21(15(26)20-16)14-12(24)11(23)9(6-22)27-14;1-2-5-3-4-1/h1-5,9,11-12,14,22-24H,6,19H2,(H,20,26);1-3H2/t9-,11-,12-,14-,16?;/m1./s1. The van der Waals surface area contributed by atoms with Crippen molar-refractivity contribution >= 4 is 11.8 Å². The molecular formula is C19H23F2N3O8. The number of halogens is 2. The molecule has 1 unspecified atom stereocenters. The monoisotopic (exact) mass is 459 g/mol. The van der Waals surface area contributed by atoms with E-state index >= 15 is 0 Å². The molecule has 2 amide bonds. The second-order valence-corrected chi connectivity index (χ2v) is 7.12. The van der Waals surface area contributed by atoms with Gasteiger partial charge in [0.1, 0.15) is 30.9 Å². The van der Waals surface area contributed by atoms with Crippen molar-refractivity contribution in [3.63, 3.8) is 0 Å². The molecule has 3 aliphatic rings. The molecule has 176 valence electrons. The molecule has 2 saturated heterocycles. The number of carbonyl (C=O) groups excluding carboxylic acids is 2. The lowest BCUT2D eigenvalue weighted by Gasteiger charge is -2.37. The van der Waals surface area contributed by atoms with Crippen LogP contribution < -0.4 is 11.1 Å². The summed E-state index contributed by atoms with van der Waals surface area (Å²) in [4.78, 5) is 25.5. The fraction of sp³-hybridized carbons (Fsp3) is 0.474. The van der Waals surface area contributed by atoms with Gasteiger partial charge in [-0.2, -0.15) is 0 Å². The van der Waals surface area contributed by atoms with Crippen LogP contribution in [0.3, 0.4) is 0 Å². The van der Waals surface area contributed by atoms with Crippen molar-refractivity contribution in [1.29, 1.82) is 0 Å². The van der Waals surface area contributed by atoms with E-state index in [0.717, 1.165) is 37.5 Å². The number of nitrogens with zero attached hydrogens (tertiary/aromatic N) is 1. The molecule has 0 aliphatic carbocycles. The molecule has 13 heteroatoms. The topological polar surface area (TPSA) is 164 Å². The van der Waals surface area contributed by atoms with Gasteiger partial charge in [0.25, 0.3) is 0 Å². The fourth-order valence-electron chi connectivity index (χ4n) is 3.16. The summed E-state index contributed by atoms with van der Waals surface area (Å²) in [5, 5.41) is 30.8. The summed E-state index contributed by atoms with van der Waals surface area (Å²) in [5.74, 6) is -2.91. The SMILES string of the molecule is C1COCO1.NC1(C(=O)c2ccc(F)cc2)NC(=O)N([C@@H]2O[C@H](CO)[C@@H](O)[C@H]2O)C=C1F. The molecule has 1 aromatic rings. The fourth-order valence-corrected chi connectivity index (χ4v) is 3.16. The molecule has 0 radical (unpaired) electrons. The molecule has 0 spiro atoms. The number of hydrogen-bond donors (Lipinski definition) is 5. The van der Waals surface area contributed by atoms with Crippen LogP contribution in [0.5, 0.6) is 0 Å². The number of aliphatic hydroxyl groups is 3. The van der Waals surface area contributed by atoms with Gasteiger partial charge in [0.15, 0.2) is 12.1 Å². The van der Waals surface area contributed by atoms with E-state index in [2.05, 4.69) is 0 Å². The smallest absolute Gasteiger partial charge is 0.325 e. The van der Waals surface area contributed by atoms with Crippen molar-refractivity contribution in [3.8, 4) is 0 Å². The summed E-state index contributed by atoms with van der Waals surface area (Å²) >= 11 is 0. The Morgan fingerprint density at radius 3 is 2.31 bits per heavy atom. The predicted molar refractivity (Wildman–Crippen MR) is 102 cm³/mol. The molecule has 0 saturated carbocycles. The largest absolute Gasteiger partial charge is 0.394 e. The zero-order chi connectivity index (χ0) is 23.5. The Hall–Kier alpha value is -2.52. The molecule has 5 atom stereocenters. The number of carbonyl (C=O) groups is 2. The Bertz CT molecular complexity index is 859. The van der Waals surface area contributed by atoms with Gasteiger partial charge < -0.3 is 34.8 Å². The van der Waals surface area contributed by atoms with E-state index in [4.69, 9.17) is 25.1 Å². The van der Waals surface area contributed by atoms with Crippen LogP contribution >= 0.6 is 0 Å². The quantitative estimate of drug-likeness (QED) is 0.353. The Morgan fingerprint density at radius 1 is 1.19 bits per heavy atom. The minimum absolute atomic E-state index is 0.135. The lowest BCUT2D eigenvalue weighted by atomic mass is 9.96. The van der Waals surface area contributed by atoms with E-state index in [9.17, 15) is 28.6 Å². The number of nitrogens with one attached hydrogen (secondary N) is 1. The maximum atomic E-state index is 14.7. The molecule has 1 aromatic carbocycles. The van der Waals surface area contributed by atoms with Crippen molar-refractivity contribution in [3.05, 3.63) is 47.7 Å². The Balaban J connectivity index is 0.000000509. The van der Waals surface area contributed by atoms with E-state index in [-0.39, 0.29) is 5.56 Å². The van der Waals surface area contributed by atoms with E-state index in [1.807, 2.05) is 5.32 Å². The summed E-state index contributed by atoms with van der Waals surface area (Å²) in [5.41, 5.74) is 3.07. The van der Waals surface area contributed by atoms with Crippen LogP contribution in [0.4, 0.5) is 13.6 Å². The van der Waals surface area contributed by atoms with Gasteiger partial charge in [-0.3, -0.25) is 15.4 Å². The molecule has 3 aliphatic heterocycles. The number of benzene rings is 1. The van der Waals surface area contributed by atoms with Gasteiger partial charge >= 0.3 is 6.03 Å². The van der Waals surface area contributed by atoms with Crippen LogP contribution in [0.25, 0.3) is 0 Å². The number of urea groups is 1. The highest BCUT2D eigenvalue weighted by atomic mass is 19.1. The lowest BCUT2D eigenvalue weighted by Crippen LogP contribution is -2.68. The van der Waals surface area contributed by atoms with Crippen molar-refractivity contribution in [2.45, 2.75) is 30.2 Å². The summed E-state index contributed by atoms with van der Waals surface area (Å²) in [6.07, 6.45) is -5.25. The minimum Gasteiger partial charge on any atom is -0.394 e. The normalized spacial score (nSPS) is 32.1. The van der Waals surface area contributed by atoms with Gasteiger partial charge in [-0.25, -0.2) is 13.6 Å². The number of ether oxygens (including phenoxy) is 3. The van der Waals surface area contributed by atoms with Crippen LogP contribution in [-0.2, 0) is 14.2 Å². The zero-order valence-electron chi connectivity index (χ0n) is 16.7. The molecular weight excluding hydrogens is 436 g/mol. The number of Topliss-reactive ketones (excluding diaryl/α,β-unsaturated/α-hetero) is 1. The van der Waals surface area contributed by atoms with Gasteiger partial charge in [-0.1, -0.05) is 0 Å². The van der Waals surface area contributed by atoms with Gasteiger partial charge in [0.2, 0.25) is 11.4 Å². The second-order valence-electron chi connectivity index (χ2n) is 7.12. The maximum absolute atomic E-state index is 14.7. The van der Waals surface area contributed by atoms with Gasteiger partial charge in [-0.15, -0.1) is 0 Å². The molecule has 11 nitrogen and oxygen atoms in total. The van der Waals surface area contributed by atoms with Crippen LogP contribution in [0, 0.1) is 5.82 Å². The number of hydrogen-bond acceptors (Lipinski definition) is 9. The average molecular weight is 459 g/mol. The Morgan fingerprint density at radius 2 is 1.81 bits per heavy atom. The summed E-state index contributed by atoms with van der Waals surface area (Å²) in [6, 6.07) is 3.06. The van der Waals surface area contributed by atoms with Crippen LogP contribution in [0.15, 0.2) is 36.3 Å². The Labute approximate surface area is 181 Å². The number of ketones is 1. The van der Waals surface area contributed by atoms with Crippen LogP contribution in [0.1, 0.15) is 10.4 Å². The van der Waals surface area contributed by atoms with E-state index < -0.39 is 60.3 Å². The van der Waals surface area contributed by atoms with E-state index in [0.29, 0.717) is 17.9 Å². The molecule has 0 aromatic heterocycles.